The summed E-state index contributed by atoms with van der Waals surface area (Å²) in [5.74, 6) is -0.440. The lowest BCUT2D eigenvalue weighted by molar-refractivity contribution is 0.0520. The van der Waals surface area contributed by atoms with Crippen LogP contribution < -0.4 is 5.72 Å². The van der Waals surface area contributed by atoms with Gasteiger partial charge in [-0.2, -0.15) is 0 Å². The first-order chi connectivity index (χ1) is 5.65. The smallest absolute Gasteiger partial charge is 0.358 e. The molecule has 0 N–H and O–H groups in total. The first kappa shape index (κ1) is 8.84. The highest BCUT2D eigenvalue weighted by Crippen LogP contribution is 1.94. The molecule has 1 aromatic heterocycles. The average molecular weight is 164 g/mol. The van der Waals surface area contributed by atoms with Gasteiger partial charge in [0.05, 0.1) is 12.3 Å². The van der Waals surface area contributed by atoms with Crippen LogP contribution in [0.5, 0.6) is 0 Å². The van der Waals surface area contributed by atoms with Crippen molar-refractivity contribution in [1.82, 2.24) is 9.55 Å². The number of hydrogen-bond donors (Lipinski definition) is 0. The van der Waals surface area contributed by atoms with Gasteiger partial charge in [0.1, 0.15) is 0 Å². The maximum Gasteiger partial charge on any atom is 0.358 e. The van der Waals surface area contributed by atoms with Crippen molar-refractivity contribution < 1.29 is 9.53 Å². The van der Waals surface area contributed by atoms with Gasteiger partial charge in [-0.15, -0.1) is 0 Å². The zero-order valence-electron chi connectivity index (χ0n) is 7.07. The predicted octanol–water partition coefficient (Wildman–Crippen LogP) is -0.609. The van der Waals surface area contributed by atoms with Gasteiger partial charge in [-0.25, -0.2) is 9.78 Å². The number of esters is 1. The number of nitrogens with zero attached hydrogens (tertiary/aromatic N) is 2. The van der Waals surface area contributed by atoms with Crippen LogP contribution in [0.25, 0.3) is 0 Å². The summed E-state index contributed by atoms with van der Waals surface area (Å²) in [5.41, 5.74) is 0.551. The van der Waals surface area contributed by atoms with Gasteiger partial charge in [-0.1, -0.05) is 0 Å². The second-order valence-corrected chi connectivity index (χ2v) is 2.32. The topological polar surface area (TPSA) is 44.1 Å². The van der Waals surface area contributed by atoms with E-state index in [1.165, 1.54) is 6.20 Å². The van der Waals surface area contributed by atoms with Gasteiger partial charge in [-0.05, 0) is 6.92 Å². The minimum absolute atomic E-state index is 0.247. The molecular weight excluding hydrogens is 155 g/mol. The van der Waals surface area contributed by atoms with E-state index in [1.807, 2.05) is 0 Å². The minimum atomic E-state index is -0.440. The monoisotopic (exact) mass is 164 g/mol. The Bertz CT molecular complexity index is 276. The number of carbonyl (C=O) groups excluding carboxylic acids is 1. The van der Waals surface area contributed by atoms with E-state index in [0.29, 0.717) is 12.3 Å². The summed E-state index contributed by atoms with van der Waals surface area (Å²) in [6.45, 7) is 2.08. The van der Waals surface area contributed by atoms with Crippen molar-refractivity contribution in [2.45, 2.75) is 6.92 Å². The van der Waals surface area contributed by atoms with Gasteiger partial charge in [0.15, 0.2) is 13.5 Å². The molecule has 0 fully saturated rings. The van der Waals surface area contributed by atoms with Crippen molar-refractivity contribution in [2.24, 2.45) is 7.05 Å². The van der Waals surface area contributed by atoms with Crippen molar-refractivity contribution in [3.63, 3.8) is 0 Å². The van der Waals surface area contributed by atoms with Crippen LogP contribution in [0.4, 0.5) is 0 Å². The molecular formula is C7H9BN2O2. The van der Waals surface area contributed by atoms with E-state index in [4.69, 9.17) is 12.6 Å². The number of hydrogen-bond acceptors (Lipinski definition) is 3. The van der Waals surface area contributed by atoms with Crippen LogP contribution in [0.1, 0.15) is 17.4 Å². The van der Waals surface area contributed by atoms with E-state index in [2.05, 4.69) is 4.98 Å². The van der Waals surface area contributed by atoms with E-state index >= 15 is 0 Å². The van der Waals surface area contributed by atoms with E-state index in [9.17, 15) is 4.79 Å². The van der Waals surface area contributed by atoms with E-state index in [0.717, 1.165) is 0 Å². The van der Waals surface area contributed by atoms with Gasteiger partial charge in [0.25, 0.3) is 0 Å². The molecule has 1 aromatic rings. The van der Waals surface area contributed by atoms with Crippen LogP contribution in [0, 0.1) is 0 Å². The molecule has 0 atom stereocenters. The number of rotatable bonds is 2. The first-order valence-corrected chi connectivity index (χ1v) is 3.61. The Balaban J connectivity index is 2.82. The summed E-state index contributed by atoms with van der Waals surface area (Å²) in [5, 5.41) is 0. The predicted molar refractivity (Wildman–Crippen MR) is 44.6 cm³/mol. The van der Waals surface area contributed by atoms with Gasteiger partial charge in [0, 0.05) is 13.2 Å². The van der Waals surface area contributed by atoms with Gasteiger partial charge in [-0.3, -0.25) is 0 Å². The van der Waals surface area contributed by atoms with Crippen LogP contribution >= 0.6 is 0 Å². The lowest BCUT2D eigenvalue weighted by Crippen LogP contribution is -2.15. The van der Waals surface area contributed by atoms with Crippen molar-refractivity contribution >= 4 is 19.5 Å². The van der Waals surface area contributed by atoms with Crippen LogP contribution in [0.2, 0.25) is 0 Å². The van der Waals surface area contributed by atoms with Crippen LogP contribution in [-0.4, -0.2) is 30.0 Å². The fraction of sp³-hybridized carbons (Fsp3) is 0.429. The third-order valence-corrected chi connectivity index (χ3v) is 1.40. The molecule has 12 heavy (non-hydrogen) atoms. The molecule has 0 saturated carbocycles. The fourth-order valence-corrected chi connectivity index (χ4v) is 0.784. The summed E-state index contributed by atoms with van der Waals surface area (Å²) in [6.07, 6.45) is 1.54. The van der Waals surface area contributed by atoms with Crippen LogP contribution in [-0.2, 0) is 11.8 Å². The molecule has 0 amide bonds. The largest absolute Gasteiger partial charge is 0.461 e. The molecule has 4 nitrogen and oxygen atoms in total. The third-order valence-electron chi connectivity index (χ3n) is 1.40. The summed E-state index contributed by atoms with van der Waals surface area (Å²) < 4.78 is 6.29. The second-order valence-electron chi connectivity index (χ2n) is 2.32. The maximum atomic E-state index is 11.1. The number of imidazole rings is 1. The van der Waals surface area contributed by atoms with Gasteiger partial charge in [0.2, 0.25) is 0 Å². The zero-order valence-corrected chi connectivity index (χ0v) is 7.07. The first-order valence-electron chi connectivity index (χ1n) is 3.61. The van der Waals surface area contributed by atoms with Crippen molar-refractivity contribution in [1.29, 1.82) is 0 Å². The van der Waals surface area contributed by atoms with Crippen LogP contribution in [0.3, 0.4) is 0 Å². The summed E-state index contributed by atoms with van der Waals surface area (Å²) in [4.78, 5) is 14.9. The van der Waals surface area contributed by atoms with Crippen molar-refractivity contribution in [3.05, 3.63) is 11.9 Å². The molecule has 62 valence electrons. The van der Waals surface area contributed by atoms with Gasteiger partial charge >= 0.3 is 5.97 Å². The van der Waals surface area contributed by atoms with E-state index in [1.54, 1.807) is 18.5 Å². The number of aryl methyl sites for hydroxylation is 1. The average Bonchev–Trinajstić information content (AvgIpc) is 2.33. The molecule has 0 spiro atoms. The molecule has 1 heterocycles. The molecule has 1 rings (SSSR count). The number of aromatic nitrogens is 2. The summed E-state index contributed by atoms with van der Waals surface area (Å²) >= 11 is 0. The number of carbonyl (C=O) groups is 1. The number of ether oxygens (including phenoxy) is 1. The lowest BCUT2D eigenvalue weighted by atomic mass is 10.1. The lowest BCUT2D eigenvalue weighted by Gasteiger charge is -1.95. The Kier molecular flexibility index (Phi) is 2.52. The van der Waals surface area contributed by atoms with E-state index < -0.39 is 5.97 Å². The van der Waals surface area contributed by atoms with Crippen molar-refractivity contribution in [2.75, 3.05) is 6.61 Å². The fourth-order valence-electron chi connectivity index (χ4n) is 0.784. The molecule has 0 bridgehead atoms. The molecule has 0 aliphatic carbocycles. The Morgan fingerprint density at radius 3 is 2.92 bits per heavy atom. The molecule has 0 aliphatic rings. The third kappa shape index (κ3) is 1.67. The molecule has 0 aliphatic heterocycles. The Morgan fingerprint density at radius 2 is 2.50 bits per heavy atom. The Labute approximate surface area is 72.0 Å². The SMILES string of the molecule is [B]c1nc(C(=O)OCC)cn1C. The van der Waals surface area contributed by atoms with E-state index in [-0.39, 0.29) is 5.69 Å². The summed E-state index contributed by atoms with van der Waals surface area (Å²) in [7, 11) is 7.13. The van der Waals surface area contributed by atoms with Crippen LogP contribution in [0.15, 0.2) is 6.20 Å². The standard InChI is InChI=1S/C7H9BN2O2/c1-3-12-6(11)5-4-10(2)7(8)9-5/h4H,3H2,1-2H3. The molecule has 0 unspecified atom stereocenters. The highest BCUT2D eigenvalue weighted by molar-refractivity contribution is 6.29. The molecule has 0 saturated heterocycles. The Hall–Kier alpha value is -1.26. The molecule has 0 aromatic carbocycles. The van der Waals surface area contributed by atoms with Crippen molar-refractivity contribution in [3.8, 4) is 0 Å². The second kappa shape index (κ2) is 3.43. The Morgan fingerprint density at radius 1 is 1.83 bits per heavy atom. The molecule has 2 radical (unpaired) electrons. The maximum absolute atomic E-state index is 11.1. The normalized spacial score (nSPS) is 9.83. The quantitative estimate of drug-likeness (QED) is 0.432. The van der Waals surface area contributed by atoms with Gasteiger partial charge < -0.3 is 9.30 Å². The minimum Gasteiger partial charge on any atom is -0.461 e. The summed E-state index contributed by atoms with van der Waals surface area (Å²) in [6, 6.07) is 0. The highest BCUT2D eigenvalue weighted by Gasteiger charge is 2.10. The highest BCUT2D eigenvalue weighted by atomic mass is 16.5. The molecule has 5 heteroatoms. The zero-order chi connectivity index (χ0) is 9.14.